The lowest BCUT2D eigenvalue weighted by Crippen LogP contribution is -2.06. The van der Waals surface area contributed by atoms with Gasteiger partial charge in [-0.25, -0.2) is 4.79 Å². The van der Waals surface area contributed by atoms with Gasteiger partial charge in [-0.3, -0.25) is 0 Å². The van der Waals surface area contributed by atoms with Crippen molar-refractivity contribution in [3.05, 3.63) is 24.0 Å². The number of allylic oxidation sites excluding steroid dienone is 4. The highest BCUT2D eigenvalue weighted by Gasteiger charge is 2.13. The van der Waals surface area contributed by atoms with E-state index in [1.165, 1.54) is 0 Å². The van der Waals surface area contributed by atoms with E-state index in [4.69, 9.17) is 16.3 Å². The van der Waals surface area contributed by atoms with Crippen LogP contribution in [0.3, 0.4) is 0 Å². The summed E-state index contributed by atoms with van der Waals surface area (Å²) in [4.78, 5) is 10.3. The number of hydrogen-bond donors (Lipinski definition) is 0. The molecule has 0 N–H and O–H groups in total. The van der Waals surface area contributed by atoms with Crippen molar-refractivity contribution in [3.63, 3.8) is 0 Å². The Hall–Kier alpha value is -0.760. The number of ether oxygens (including phenoxy) is 1. The zero-order valence-corrected chi connectivity index (χ0v) is 6.97. The van der Waals surface area contributed by atoms with Crippen molar-refractivity contribution in [1.29, 1.82) is 0 Å². The lowest BCUT2D eigenvalue weighted by atomic mass is 10.0. The molecule has 0 amide bonds. The molecule has 1 rings (SSSR count). The average molecular weight is 173 g/mol. The van der Waals surface area contributed by atoms with E-state index >= 15 is 0 Å². The minimum Gasteiger partial charge on any atom is -0.419 e. The Morgan fingerprint density at radius 1 is 1.82 bits per heavy atom. The molecule has 1 aliphatic carbocycles. The van der Waals surface area contributed by atoms with Crippen LogP contribution in [0.15, 0.2) is 24.0 Å². The molecule has 1 unspecified atom stereocenters. The summed E-state index contributed by atoms with van der Waals surface area (Å²) in [5.41, 5.74) is -0.765. The molecule has 0 fully saturated rings. The van der Waals surface area contributed by atoms with Gasteiger partial charge < -0.3 is 4.74 Å². The van der Waals surface area contributed by atoms with Crippen LogP contribution in [0.1, 0.15) is 13.3 Å². The van der Waals surface area contributed by atoms with Crippen LogP contribution in [0.25, 0.3) is 0 Å². The third kappa shape index (κ3) is 2.39. The maximum atomic E-state index is 10.3. The SMILES string of the molecule is CC1CC=CC=C1OC(=O)Cl. The van der Waals surface area contributed by atoms with Crippen LogP contribution in [0, 0.1) is 5.92 Å². The van der Waals surface area contributed by atoms with Gasteiger partial charge in [-0.15, -0.1) is 0 Å². The Kier molecular flexibility index (Phi) is 2.71. The predicted octanol–water partition coefficient (Wildman–Crippen LogP) is 2.84. The lowest BCUT2D eigenvalue weighted by molar-refractivity contribution is 0.192. The molecule has 0 bridgehead atoms. The first-order valence-corrected chi connectivity index (χ1v) is 3.82. The topological polar surface area (TPSA) is 26.3 Å². The summed E-state index contributed by atoms with van der Waals surface area (Å²) in [7, 11) is 0. The molecular weight excluding hydrogens is 164 g/mol. The van der Waals surface area contributed by atoms with Crippen LogP contribution < -0.4 is 0 Å². The van der Waals surface area contributed by atoms with Gasteiger partial charge in [0.1, 0.15) is 5.76 Å². The molecule has 0 aliphatic heterocycles. The van der Waals surface area contributed by atoms with Gasteiger partial charge in [0.05, 0.1) is 0 Å². The van der Waals surface area contributed by atoms with E-state index in [0.717, 1.165) is 6.42 Å². The maximum Gasteiger partial charge on any atom is 0.408 e. The van der Waals surface area contributed by atoms with Crippen molar-refractivity contribution in [2.45, 2.75) is 13.3 Å². The van der Waals surface area contributed by atoms with E-state index in [9.17, 15) is 4.79 Å². The third-order valence-corrected chi connectivity index (χ3v) is 1.65. The minimum absolute atomic E-state index is 0.252. The highest BCUT2D eigenvalue weighted by atomic mass is 35.5. The molecule has 0 aromatic carbocycles. The van der Waals surface area contributed by atoms with Gasteiger partial charge in [0.15, 0.2) is 0 Å². The summed E-state index contributed by atoms with van der Waals surface area (Å²) in [6.45, 7) is 1.98. The van der Waals surface area contributed by atoms with Crippen molar-refractivity contribution in [1.82, 2.24) is 0 Å². The minimum atomic E-state index is -0.765. The van der Waals surface area contributed by atoms with E-state index in [2.05, 4.69) is 0 Å². The van der Waals surface area contributed by atoms with Crippen LogP contribution in [-0.2, 0) is 4.74 Å². The summed E-state index contributed by atoms with van der Waals surface area (Å²) in [5.74, 6) is 0.898. The molecule has 0 aromatic rings. The largest absolute Gasteiger partial charge is 0.419 e. The smallest absolute Gasteiger partial charge is 0.408 e. The molecule has 60 valence electrons. The molecule has 0 radical (unpaired) electrons. The third-order valence-electron chi connectivity index (χ3n) is 1.57. The van der Waals surface area contributed by atoms with Gasteiger partial charge in [-0.05, 0) is 12.5 Å². The van der Waals surface area contributed by atoms with Crippen LogP contribution in [0.2, 0.25) is 0 Å². The zero-order chi connectivity index (χ0) is 8.27. The zero-order valence-electron chi connectivity index (χ0n) is 6.21. The van der Waals surface area contributed by atoms with E-state index in [1.807, 2.05) is 19.1 Å². The summed E-state index contributed by atoms with van der Waals surface area (Å²) in [6.07, 6.45) is 6.54. The average Bonchev–Trinajstić information content (AvgIpc) is 1.93. The second kappa shape index (κ2) is 3.58. The highest BCUT2D eigenvalue weighted by molar-refractivity contribution is 6.61. The van der Waals surface area contributed by atoms with Gasteiger partial charge in [-0.1, -0.05) is 19.1 Å². The summed E-state index contributed by atoms with van der Waals surface area (Å²) in [6, 6.07) is 0. The van der Waals surface area contributed by atoms with Gasteiger partial charge in [0.2, 0.25) is 0 Å². The Morgan fingerprint density at radius 3 is 3.09 bits per heavy atom. The summed E-state index contributed by atoms with van der Waals surface area (Å²) < 4.78 is 4.74. The van der Waals surface area contributed by atoms with Crippen molar-refractivity contribution in [3.8, 4) is 0 Å². The normalized spacial score (nSPS) is 22.7. The molecule has 1 aliphatic rings. The van der Waals surface area contributed by atoms with Crippen molar-refractivity contribution in [2.24, 2.45) is 5.92 Å². The summed E-state index contributed by atoms with van der Waals surface area (Å²) >= 11 is 5.05. The van der Waals surface area contributed by atoms with Crippen LogP contribution >= 0.6 is 11.6 Å². The summed E-state index contributed by atoms with van der Waals surface area (Å²) in [5, 5.41) is 0. The molecular formula is C8H9ClO2. The second-order valence-corrected chi connectivity index (χ2v) is 2.78. The van der Waals surface area contributed by atoms with Crippen LogP contribution in [-0.4, -0.2) is 5.43 Å². The number of hydrogen-bond acceptors (Lipinski definition) is 2. The first-order chi connectivity index (χ1) is 5.20. The molecule has 2 nitrogen and oxygen atoms in total. The Balaban J connectivity index is 2.61. The number of rotatable bonds is 1. The van der Waals surface area contributed by atoms with Crippen LogP contribution in [0.4, 0.5) is 4.79 Å². The fourth-order valence-electron chi connectivity index (χ4n) is 0.953. The molecule has 0 spiro atoms. The number of carbonyl (C=O) groups excluding carboxylic acids is 1. The Morgan fingerprint density at radius 2 is 2.55 bits per heavy atom. The predicted molar refractivity (Wildman–Crippen MR) is 43.3 cm³/mol. The van der Waals surface area contributed by atoms with Gasteiger partial charge in [0, 0.05) is 17.5 Å². The van der Waals surface area contributed by atoms with Gasteiger partial charge in [-0.2, -0.15) is 0 Å². The molecule has 0 saturated heterocycles. The number of halogens is 1. The molecule has 3 heteroatoms. The number of carbonyl (C=O) groups is 1. The van der Waals surface area contributed by atoms with Crippen molar-refractivity contribution < 1.29 is 9.53 Å². The molecule has 11 heavy (non-hydrogen) atoms. The quantitative estimate of drug-likeness (QED) is 0.569. The maximum absolute atomic E-state index is 10.3. The van der Waals surface area contributed by atoms with Crippen LogP contribution in [0.5, 0.6) is 0 Å². The second-order valence-electron chi connectivity index (χ2n) is 2.47. The van der Waals surface area contributed by atoms with E-state index in [-0.39, 0.29) is 5.92 Å². The van der Waals surface area contributed by atoms with Gasteiger partial charge in [0.25, 0.3) is 0 Å². The lowest BCUT2D eigenvalue weighted by Gasteiger charge is -2.14. The standard InChI is InChI=1S/C8H9ClO2/c1-6-4-2-3-5-7(6)11-8(9)10/h2-3,5-6H,4H2,1H3. The Bertz CT molecular complexity index is 218. The van der Waals surface area contributed by atoms with E-state index in [0.29, 0.717) is 5.76 Å². The first kappa shape index (κ1) is 8.34. The highest BCUT2D eigenvalue weighted by Crippen LogP contribution is 2.21. The molecule has 1 atom stereocenters. The fourth-order valence-corrected chi connectivity index (χ4v) is 1.04. The fraction of sp³-hybridized carbons (Fsp3) is 0.375. The monoisotopic (exact) mass is 172 g/mol. The van der Waals surface area contributed by atoms with Gasteiger partial charge >= 0.3 is 5.43 Å². The van der Waals surface area contributed by atoms with E-state index < -0.39 is 5.43 Å². The van der Waals surface area contributed by atoms with Crippen molar-refractivity contribution >= 4 is 17.0 Å². The Labute approximate surface area is 70.5 Å². The molecule has 0 heterocycles. The molecule has 0 aromatic heterocycles. The molecule has 0 saturated carbocycles. The van der Waals surface area contributed by atoms with E-state index in [1.54, 1.807) is 6.08 Å². The van der Waals surface area contributed by atoms with Crippen molar-refractivity contribution in [2.75, 3.05) is 0 Å². The first-order valence-electron chi connectivity index (χ1n) is 3.44.